The molecule has 0 unspecified atom stereocenters. The zero-order valence-electron chi connectivity index (χ0n) is 19.4. The fourth-order valence-electron chi connectivity index (χ4n) is 4.36. The molecule has 0 radical (unpaired) electrons. The molecule has 5 aromatic rings. The molecule has 10 heteroatoms. The number of benzene rings is 1. The third-order valence-corrected chi connectivity index (χ3v) is 6.25. The first-order valence-electron chi connectivity index (χ1n) is 11.7. The molecule has 176 valence electrons. The SMILES string of the molecule is Cc1cccc(N2CCN(c3ccc4nnc(CCc5nc(-c6ccncc6)no5)n4n3)CC2)c1. The maximum absolute atomic E-state index is 5.43. The van der Waals surface area contributed by atoms with Gasteiger partial charge in [0.15, 0.2) is 11.5 Å². The van der Waals surface area contributed by atoms with E-state index in [1.54, 1.807) is 12.4 Å². The molecular weight excluding hydrogens is 442 g/mol. The maximum Gasteiger partial charge on any atom is 0.227 e. The van der Waals surface area contributed by atoms with E-state index in [1.165, 1.54) is 11.3 Å². The van der Waals surface area contributed by atoms with Crippen molar-refractivity contribution in [2.75, 3.05) is 36.0 Å². The molecule has 0 aliphatic carbocycles. The number of pyridine rings is 1. The summed E-state index contributed by atoms with van der Waals surface area (Å²) >= 11 is 0. The minimum Gasteiger partial charge on any atom is -0.368 e. The van der Waals surface area contributed by atoms with Crippen LogP contribution in [0.2, 0.25) is 0 Å². The number of fused-ring (bicyclic) bond motifs is 1. The lowest BCUT2D eigenvalue weighted by molar-refractivity contribution is 0.377. The van der Waals surface area contributed by atoms with Gasteiger partial charge >= 0.3 is 0 Å². The van der Waals surface area contributed by atoms with Crippen LogP contribution < -0.4 is 9.80 Å². The van der Waals surface area contributed by atoms with E-state index >= 15 is 0 Å². The summed E-state index contributed by atoms with van der Waals surface area (Å²) in [6.45, 7) is 5.85. The highest BCUT2D eigenvalue weighted by Crippen LogP contribution is 2.21. The van der Waals surface area contributed by atoms with Gasteiger partial charge < -0.3 is 14.3 Å². The molecule has 0 saturated carbocycles. The summed E-state index contributed by atoms with van der Waals surface area (Å²) in [5, 5.41) is 17.6. The number of hydrogen-bond acceptors (Lipinski definition) is 9. The van der Waals surface area contributed by atoms with Crippen LogP contribution in [0.3, 0.4) is 0 Å². The summed E-state index contributed by atoms with van der Waals surface area (Å²) in [4.78, 5) is 13.3. The molecule has 35 heavy (non-hydrogen) atoms. The summed E-state index contributed by atoms with van der Waals surface area (Å²) in [7, 11) is 0. The third kappa shape index (κ3) is 4.42. The van der Waals surface area contributed by atoms with Gasteiger partial charge in [-0.05, 0) is 48.9 Å². The molecule has 6 rings (SSSR count). The van der Waals surface area contributed by atoms with Gasteiger partial charge in [0.05, 0.1) is 0 Å². The molecule has 1 aliphatic rings. The summed E-state index contributed by atoms with van der Waals surface area (Å²) in [5.41, 5.74) is 4.16. The predicted molar refractivity (Wildman–Crippen MR) is 131 cm³/mol. The van der Waals surface area contributed by atoms with E-state index in [0.717, 1.165) is 49.0 Å². The van der Waals surface area contributed by atoms with Crippen molar-refractivity contribution in [2.45, 2.75) is 19.8 Å². The Morgan fingerprint density at radius 2 is 1.71 bits per heavy atom. The Kier molecular flexibility index (Phi) is 5.53. The van der Waals surface area contributed by atoms with Gasteiger partial charge in [-0.15, -0.1) is 15.3 Å². The first-order chi connectivity index (χ1) is 17.2. The molecular formula is C25H25N9O. The number of piperazine rings is 1. The summed E-state index contributed by atoms with van der Waals surface area (Å²) < 4.78 is 7.25. The van der Waals surface area contributed by atoms with E-state index < -0.39 is 0 Å². The van der Waals surface area contributed by atoms with Gasteiger partial charge in [0.25, 0.3) is 0 Å². The van der Waals surface area contributed by atoms with Crippen LogP contribution >= 0.6 is 0 Å². The number of anilines is 2. The van der Waals surface area contributed by atoms with Crippen LogP contribution in [-0.2, 0) is 12.8 Å². The quantitative estimate of drug-likeness (QED) is 0.373. The topological polar surface area (TPSA) is 101 Å². The van der Waals surface area contributed by atoms with Crippen molar-refractivity contribution in [3.05, 3.63) is 78.2 Å². The van der Waals surface area contributed by atoms with E-state index in [4.69, 9.17) is 9.62 Å². The standard InChI is InChI=1S/C25H25N9O/c1-18-3-2-4-20(17-18)32-13-15-33(16-14-32)23-6-5-21-28-29-22(34(21)30-23)7-8-24-27-25(31-35-24)19-9-11-26-12-10-19/h2-6,9-12,17H,7-8,13-16H2,1H3. The van der Waals surface area contributed by atoms with Crippen LogP contribution in [-0.4, -0.2) is 61.1 Å². The largest absolute Gasteiger partial charge is 0.368 e. The van der Waals surface area contributed by atoms with E-state index in [-0.39, 0.29) is 0 Å². The Morgan fingerprint density at radius 1 is 0.886 bits per heavy atom. The lowest BCUT2D eigenvalue weighted by Gasteiger charge is -2.36. The Balaban J connectivity index is 1.14. The fourth-order valence-corrected chi connectivity index (χ4v) is 4.36. The van der Waals surface area contributed by atoms with Crippen molar-refractivity contribution in [1.82, 2.24) is 34.9 Å². The lowest BCUT2D eigenvalue weighted by atomic mass is 10.2. The highest BCUT2D eigenvalue weighted by atomic mass is 16.5. The van der Waals surface area contributed by atoms with Gasteiger partial charge in [0, 0.05) is 62.7 Å². The van der Waals surface area contributed by atoms with E-state index in [1.807, 2.05) is 28.8 Å². The highest BCUT2D eigenvalue weighted by Gasteiger charge is 2.20. The van der Waals surface area contributed by atoms with Crippen molar-refractivity contribution in [3.8, 4) is 11.4 Å². The Labute approximate surface area is 202 Å². The van der Waals surface area contributed by atoms with Gasteiger partial charge in [0.1, 0.15) is 5.82 Å². The fraction of sp³-hybridized carbons (Fsp3) is 0.280. The molecule has 1 saturated heterocycles. The van der Waals surface area contributed by atoms with Crippen molar-refractivity contribution >= 4 is 17.2 Å². The number of aryl methyl sites for hydroxylation is 3. The molecule has 1 fully saturated rings. The Morgan fingerprint density at radius 3 is 2.54 bits per heavy atom. The Hall–Kier alpha value is -4.34. The molecule has 0 amide bonds. The zero-order chi connectivity index (χ0) is 23.6. The number of nitrogens with zero attached hydrogens (tertiary/aromatic N) is 9. The second-order valence-corrected chi connectivity index (χ2v) is 8.64. The molecule has 10 nitrogen and oxygen atoms in total. The van der Waals surface area contributed by atoms with Crippen molar-refractivity contribution in [1.29, 1.82) is 0 Å². The average Bonchev–Trinajstić information content (AvgIpc) is 3.55. The van der Waals surface area contributed by atoms with Crippen LogP contribution in [0.15, 0.2) is 65.4 Å². The first kappa shape index (κ1) is 21.2. The average molecular weight is 468 g/mol. The first-order valence-corrected chi connectivity index (χ1v) is 11.7. The van der Waals surface area contributed by atoms with Gasteiger partial charge in [-0.1, -0.05) is 17.3 Å². The van der Waals surface area contributed by atoms with Crippen molar-refractivity contribution in [3.63, 3.8) is 0 Å². The van der Waals surface area contributed by atoms with Crippen molar-refractivity contribution < 1.29 is 4.52 Å². The summed E-state index contributed by atoms with van der Waals surface area (Å²) in [5.74, 6) is 2.81. The van der Waals surface area contributed by atoms with Gasteiger partial charge in [0.2, 0.25) is 11.7 Å². The molecule has 4 aromatic heterocycles. The second-order valence-electron chi connectivity index (χ2n) is 8.64. The van der Waals surface area contributed by atoms with E-state index in [9.17, 15) is 0 Å². The van der Waals surface area contributed by atoms with Crippen molar-refractivity contribution in [2.24, 2.45) is 0 Å². The van der Waals surface area contributed by atoms with Crippen LogP contribution in [0.4, 0.5) is 11.5 Å². The van der Waals surface area contributed by atoms with Gasteiger partial charge in [-0.25, -0.2) is 0 Å². The normalized spacial score (nSPS) is 14.1. The van der Waals surface area contributed by atoms with Crippen LogP contribution in [0.1, 0.15) is 17.3 Å². The second kappa shape index (κ2) is 9.13. The molecule has 1 aromatic carbocycles. The van der Waals surface area contributed by atoms with Gasteiger partial charge in [-0.2, -0.15) is 9.50 Å². The van der Waals surface area contributed by atoms with Crippen LogP contribution in [0.5, 0.6) is 0 Å². The summed E-state index contributed by atoms with van der Waals surface area (Å²) in [6, 6.07) is 16.4. The van der Waals surface area contributed by atoms with E-state index in [0.29, 0.717) is 24.6 Å². The minimum atomic E-state index is 0.553. The highest BCUT2D eigenvalue weighted by molar-refractivity contribution is 5.53. The number of aromatic nitrogens is 7. The number of hydrogen-bond donors (Lipinski definition) is 0. The molecule has 0 bridgehead atoms. The van der Waals surface area contributed by atoms with Crippen LogP contribution in [0.25, 0.3) is 17.0 Å². The maximum atomic E-state index is 5.43. The molecule has 5 heterocycles. The molecule has 0 spiro atoms. The lowest BCUT2D eigenvalue weighted by Crippen LogP contribution is -2.47. The predicted octanol–water partition coefficient (Wildman–Crippen LogP) is 2.99. The third-order valence-electron chi connectivity index (χ3n) is 6.25. The molecule has 1 aliphatic heterocycles. The minimum absolute atomic E-state index is 0.553. The van der Waals surface area contributed by atoms with E-state index in [2.05, 4.69) is 66.3 Å². The monoisotopic (exact) mass is 467 g/mol. The van der Waals surface area contributed by atoms with Gasteiger partial charge in [-0.3, -0.25) is 4.98 Å². The number of rotatable bonds is 6. The molecule has 0 N–H and O–H groups in total. The Bertz CT molecular complexity index is 1440. The van der Waals surface area contributed by atoms with Crippen LogP contribution in [0, 0.1) is 6.92 Å². The summed E-state index contributed by atoms with van der Waals surface area (Å²) in [6.07, 6.45) is 4.57. The molecule has 0 atom stereocenters. The smallest absolute Gasteiger partial charge is 0.227 e. The zero-order valence-corrected chi connectivity index (χ0v) is 19.4.